The lowest BCUT2D eigenvalue weighted by molar-refractivity contribution is 0.102. The molecule has 6 heteroatoms. The molecule has 134 valence electrons. The van der Waals surface area contributed by atoms with E-state index >= 15 is 0 Å². The molecule has 28 heavy (non-hydrogen) atoms. The van der Waals surface area contributed by atoms with Crippen molar-refractivity contribution in [3.05, 3.63) is 90.8 Å². The molecule has 0 atom stereocenters. The Kier molecular flexibility index (Phi) is 3.80. The Morgan fingerprint density at radius 2 is 1.68 bits per heavy atom. The van der Waals surface area contributed by atoms with Crippen LogP contribution in [0.1, 0.15) is 10.4 Å². The van der Waals surface area contributed by atoms with Crippen molar-refractivity contribution in [2.45, 2.75) is 0 Å². The molecule has 0 bridgehead atoms. The molecule has 5 aromatic rings. The van der Waals surface area contributed by atoms with Gasteiger partial charge >= 0.3 is 0 Å². The maximum Gasteiger partial charge on any atom is 0.255 e. The number of nitrogens with one attached hydrogen (secondary N) is 1. The average molecular weight is 365 g/mol. The minimum atomic E-state index is -0.137. The highest BCUT2D eigenvalue weighted by atomic mass is 16.1. The molecule has 0 unspecified atom stereocenters. The molecule has 0 radical (unpaired) electrons. The fourth-order valence-corrected chi connectivity index (χ4v) is 3.14. The molecule has 3 aromatic carbocycles. The predicted molar refractivity (Wildman–Crippen MR) is 108 cm³/mol. The van der Waals surface area contributed by atoms with E-state index in [4.69, 9.17) is 0 Å². The van der Waals surface area contributed by atoms with Crippen molar-refractivity contribution in [2.75, 3.05) is 5.32 Å². The van der Waals surface area contributed by atoms with Gasteiger partial charge in [-0.05, 0) is 47.2 Å². The number of hydrogen-bond acceptors (Lipinski definition) is 4. The van der Waals surface area contributed by atoms with E-state index in [2.05, 4.69) is 20.6 Å². The zero-order valence-electron chi connectivity index (χ0n) is 14.8. The van der Waals surface area contributed by atoms with Crippen LogP contribution in [-0.4, -0.2) is 25.7 Å². The first kappa shape index (κ1) is 16.1. The number of anilines is 1. The smallest absolute Gasteiger partial charge is 0.255 e. The summed E-state index contributed by atoms with van der Waals surface area (Å²) < 4.78 is 1.63. The van der Waals surface area contributed by atoms with Crippen LogP contribution in [0.3, 0.4) is 0 Å². The third-order valence-corrected chi connectivity index (χ3v) is 4.61. The van der Waals surface area contributed by atoms with Crippen LogP contribution in [0, 0.1) is 0 Å². The lowest BCUT2D eigenvalue weighted by atomic mass is 10.1. The maximum atomic E-state index is 12.6. The van der Waals surface area contributed by atoms with Crippen molar-refractivity contribution in [1.29, 1.82) is 0 Å². The lowest BCUT2D eigenvalue weighted by Crippen LogP contribution is -2.11. The van der Waals surface area contributed by atoms with Crippen LogP contribution in [0.15, 0.2) is 85.2 Å². The molecule has 1 amide bonds. The summed E-state index contributed by atoms with van der Waals surface area (Å²) in [4.78, 5) is 12.6. The molecule has 0 saturated carbocycles. The first-order valence-corrected chi connectivity index (χ1v) is 8.84. The Balaban J connectivity index is 1.36. The molecule has 0 fully saturated rings. The van der Waals surface area contributed by atoms with Gasteiger partial charge in [-0.25, -0.2) is 0 Å². The predicted octanol–water partition coefficient (Wildman–Crippen LogP) is 4.20. The first-order valence-electron chi connectivity index (χ1n) is 8.84. The fourth-order valence-electron chi connectivity index (χ4n) is 3.14. The number of benzene rings is 3. The summed E-state index contributed by atoms with van der Waals surface area (Å²) in [5.41, 5.74) is 3.80. The Morgan fingerprint density at radius 1 is 0.857 bits per heavy atom. The SMILES string of the molecule is O=C(Nc1ccc(-c2ccc3nncn3n2)cc1)c1ccc2ccccc2c1. The van der Waals surface area contributed by atoms with Crippen molar-refractivity contribution in [3.8, 4) is 11.3 Å². The normalized spacial score (nSPS) is 11.0. The van der Waals surface area contributed by atoms with Gasteiger partial charge in [0.2, 0.25) is 0 Å². The van der Waals surface area contributed by atoms with Crippen molar-refractivity contribution < 1.29 is 4.79 Å². The quantitative estimate of drug-likeness (QED) is 0.520. The van der Waals surface area contributed by atoms with E-state index in [1.807, 2.05) is 78.9 Å². The van der Waals surface area contributed by atoms with E-state index in [0.29, 0.717) is 11.2 Å². The van der Waals surface area contributed by atoms with Gasteiger partial charge in [0.15, 0.2) is 5.65 Å². The number of amides is 1. The van der Waals surface area contributed by atoms with E-state index < -0.39 is 0 Å². The third kappa shape index (κ3) is 2.97. The van der Waals surface area contributed by atoms with E-state index in [1.54, 1.807) is 10.8 Å². The average Bonchev–Trinajstić information content (AvgIpc) is 3.22. The van der Waals surface area contributed by atoms with Gasteiger partial charge in [-0.2, -0.15) is 9.61 Å². The summed E-state index contributed by atoms with van der Waals surface area (Å²) in [6.45, 7) is 0. The number of carbonyl (C=O) groups excluding carboxylic acids is 1. The number of carbonyl (C=O) groups is 1. The highest BCUT2D eigenvalue weighted by Crippen LogP contribution is 2.21. The number of hydrogen-bond donors (Lipinski definition) is 1. The molecule has 1 N–H and O–H groups in total. The monoisotopic (exact) mass is 365 g/mol. The van der Waals surface area contributed by atoms with Gasteiger partial charge in [0.05, 0.1) is 5.69 Å². The van der Waals surface area contributed by atoms with Crippen LogP contribution in [0.2, 0.25) is 0 Å². The van der Waals surface area contributed by atoms with Crippen LogP contribution in [0.5, 0.6) is 0 Å². The molecule has 0 aliphatic heterocycles. The van der Waals surface area contributed by atoms with E-state index in [0.717, 1.165) is 27.7 Å². The second-order valence-corrected chi connectivity index (χ2v) is 6.45. The topological polar surface area (TPSA) is 72.2 Å². The standard InChI is InChI=1S/C22H15N5O/c28-22(18-6-5-15-3-1-2-4-17(15)13-18)24-19-9-7-16(8-10-19)20-11-12-21-25-23-14-27(21)26-20/h1-14H,(H,24,28). The van der Waals surface area contributed by atoms with Gasteiger partial charge in [0.25, 0.3) is 5.91 Å². The lowest BCUT2D eigenvalue weighted by Gasteiger charge is -2.08. The summed E-state index contributed by atoms with van der Waals surface area (Å²) in [6, 6.07) is 25.0. The largest absolute Gasteiger partial charge is 0.322 e. The van der Waals surface area contributed by atoms with Gasteiger partial charge in [0.1, 0.15) is 6.33 Å². The molecule has 0 spiro atoms. The minimum Gasteiger partial charge on any atom is -0.322 e. The van der Waals surface area contributed by atoms with Crippen molar-refractivity contribution in [2.24, 2.45) is 0 Å². The molecular formula is C22H15N5O. The summed E-state index contributed by atoms with van der Waals surface area (Å²) in [5.74, 6) is -0.137. The molecule has 2 heterocycles. The Morgan fingerprint density at radius 3 is 2.54 bits per heavy atom. The molecular weight excluding hydrogens is 350 g/mol. The minimum absolute atomic E-state index is 0.137. The van der Waals surface area contributed by atoms with Crippen LogP contribution in [0.4, 0.5) is 5.69 Å². The summed E-state index contributed by atoms with van der Waals surface area (Å²) in [7, 11) is 0. The summed E-state index contributed by atoms with van der Waals surface area (Å²) in [5, 5.41) is 17.4. The van der Waals surface area contributed by atoms with Gasteiger partial charge in [-0.15, -0.1) is 10.2 Å². The number of aromatic nitrogens is 4. The molecule has 0 aliphatic carbocycles. The van der Waals surface area contributed by atoms with Gasteiger partial charge in [-0.3, -0.25) is 4.79 Å². The van der Waals surface area contributed by atoms with Crippen LogP contribution in [-0.2, 0) is 0 Å². The molecule has 6 nitrogen and oxygen atoms in total. The van der Waals surface area contributed by atoms with Crippen LogP contribution < -0.4 is 5.32 Å². The molecule has 2 aromatic heterocycles. The maximum absolute atomic E-state index is 12.6. The molecule has 0 aliphatic rings. The van der Waals surface area contributed by atoms with Gasteiger partial charge in [-0.1, -0.05) is 42.5 Å². The van der Waals surface area contributed by atoms with Crippen molar-refractivity contribution in [3.63, 3.8) is 0 Å². The van der Waals surface area contributed by atoms with Crippen LogP contribution >= 0.6 is 0 Å². The highest BCUT2D eigenvalue weighted by Gasteiger charge is 2.08. The third-order valence-electron chi connectivity index (χ3n) is 4.61. The second kappa shape index (κ2) is 6.59. The Labute approximate surface area is 160 Å². The van der Waals surface area contributed by atoms with Crippen LogP contribution in [0.25, 0.3) is 27.7 Å². The molecule has 0 saturated heterocycles. The fraction of sp³-hybridized carbons (Fsp3) is 0. The van der Waals surface area contributed by atoms with E-state index in [1.165, 1.54) is 0 Å². The van der Waals surface area contributed by atoms with E-state index in [9.17, 15) is 4.79 Å². The second-order valence-electron chi connectivity index (χ2n) is 6.45. The van der Waals surface area contributed by atoms with Gasteiger partial charge < -0.3 is 5.32 Å². The number of nitrogens with zero attached hydrogens (tertiary/aromatic N) is 4. The van der Waals surface area contributed by atoms with Crippen molar-refractivity contribution in [1.82, 2.24) is 19.8 Å². The zero-order valence-corrected chi connectivity index (χ0v) is 14.8. The summed E-state index contributed by atoms with van der Waals surface area (Å²) >= 11 is 0. The first-order chi connectivity index (χ1) is 13.8. The van der Waals surface area contributed by atoms with Gasteiger partial charge in [0, 0.05) is 16.8 Å². The Bertz CT molecular complexity index is 1310. The van der Waals surface area contributed by atoms with Crippen molar-refractivity contribution >= 4 is 28.0 Å². The summed E-state index contributed by atoms with van der Waals surface area (Å²) in [6.07, 6.45) is 1.57. The number of rotatable bonds is 3. The highest BCUT2D eigenvalue weighted by molar-refractivity contribution is 6.06. The van der Waals surface area contributed by atoms with E-state index in [-0.39, 0.29) is 5.91 Å². The zero-order chi connectivity index (χ0) is 18.9. The Hall–Kier alpha value is -4.06. The molecule has 5 rings (SSSR count). The number of fused-ring (bicyclic) bond motifs is 2.